The number of hydrogen-bond donors (Lipinski definition) is 2. The molecule has 7 heteroatoms. The van der Waals surface area contributed by atoms with Crippen molar-refractivity contribution in [2.45, 2.75) is 26.2 Å². The number of halogens is 1. The van der Waals surface area contributed by atoms with Crippen molar-refractivity contribution in [3.8, 4) is 0 Å². The number of carbonyl (C=O) groups is 1. The van der Waals surface area contributed by atoms with Gasteiger partial charge in [0.05, 0.1) is 0 Å². The summed E-state index contributed by atoms with van der Waals surface area (Å²) in [7, 11) is 3.56. The van der Waals surface area contributed by atoms with E-state index in [1.807, 2.05) is 18.2 Å². The number of rotatable bonds is 10. The molecule has 0 bridgehead atoms. The highest BCUT2D eigenvalue weighted by Gasteiger charge is 2.21. The Bertz CT molecular complexity index is 903. The molecule has 186 valence electrons. The molecule has 2 aromatic rings. The smallest absolute Gasteiger partial charge is 0.253 e. The van der Waals surface area contributed by atoms with Gasteiger partial charge in [-0.05, 0) is 61.9 Å². The van der Waals surface area contributed by atoms with Crippen LogP contribution in [-0.2, 0) is 12.8 Å². The Morgan fingerprint density at radius 2 is 1.82 bits per heavy atom. The highest BCUT2D eigenvalue weighted by Crippen LogP contribution is 2.17. The zero-order valence-electron chi connectivity index (χ0n) is 20.8. The molecule has 1 unspecified atom stereocenters. The fourth-order valence-corrected chi connectivity index (χ4v) is 4.20. The van der Waals surface area contributed by atoms with Crippen LogP contribution in [-0.4, -0.2) is 75.0 Å². The first-order valence-corrected chi connectivity index (χ1v) is 12.1. The molecule has 1 amide bonds. The Morgan fingerprint density at radius 1 is 1.06 bits per heavy atom. The van der Waals surface area contributed by atoms with Crippen LogP contribution in [0.15, 0.2) is 59.6 Å². The van der Waals surface area contributed by atoms with Gasteiger partial charge >= 0.3 is 0 Å². The molecule has 1 fully saturated rings. The van der Waals surface area contributed by atoms with Gasteiger partial charge in [-0.1, -0.05) is 42.5 Å². The largest absolute Gasteiger partial charge is 0.357 e. The van der Waals surface area contributed by atoms with E-state index < -0.39 is 0 Å². The van der Waals surface area contributed by atoms with Crippen LogP contribution in [0.1, 0.15) is 34.8 Å². The van der Waals surface area contributed by atoms with Crippen molar-refractivity contribution in [1.82, 2.24) is 20.4 Å². The standard InChI is InChI=1S/C27H39N5O.HI/c1-4-28-27(29-16-13-23-11-8-12-25(19-23)26(33)31(2)3)30-20-24-15-18-32(21-24)17-14-22-9-6-5-7-10-22;/h5-12,19,24H,4,13-18,20-21H2,1-3H3,(H2,28,29,30);1H. The van der Waals surface area contributed by atoms with Gasteiger partial charge in [-0.2, -0.15) is 0 Å². The Morgan fingerprint density at radius 3 is 2.56 bits per heavy atom. The van der Waals surface area contributed by atoms with Gasteiger partial charge < -0.3 is 20.4 Å². The van der Waals surface area contributed by atoms with E-state index in [9.17, 15) is 4.79 Å². The van der Waals surface area contributed by atoms with Crippen molar-refractivity contribution in [3.05, 3.63) is 71.3 Å². The first-order chi connectivity index (χ1) is 16.0. The van der Waals surface area contributed by atoms with Crippen LogP contribution in [0.5, 0.6) is 0 Å². The van der Waals surface area contributed by atoms with Gasteiger partial charge in [0.2, 0.25) is 0 Å². The highest BCUT2D eigenvalue weighted by molar-refractivity contribution is 14.0. The fourth-order valence-electron chi connectivity index (χ4n) is 4.20. The maximum atomic E-state index is 12.2. The van der Waals surface area contributed by atoms with Crippen LogP contribution in [0.2, 0.25) is 0 Å². The van der Waals surface area contributed by atoms with Crippen LogP contribution in [0, 0.1) is 5.92 Å². The number of aliphatic imine (C=N–C) groups is 1. The highest BCUT2D eigenvalue weighted by atomic mass is 127. The van der Waals surface area contributed by atoms with E-state index in [2.05, 4.69) is 58.9 Å². The molecule has 0 aliphatic carbocycles. The van der Waals surface area contributed by atoms with Crippen LogP contribution in [0.3, 0.4) is 0 Å². The molecule has 1 heterocycles. The molecule has 2 aromatic carbocycles. The number of guanidine groups is 1. The normalized spacial score (nSPS) is 16.1. The number of hydrogen-bond acceptors (Lipinski definition) is 3. The summed E-state index contributed by atoms with van der Waals surface area (Å²) < 4.78 is 0. The molecule has 0 saturated carbocycles. The molecule has 6 nitrogen and oxygen atoms in total. The number of benzene rings is 2. The van der Waals surface area contributed by atoms with Crippen molar-refractivity contribution in [3.63, 3.8) is 0 Å². The summed E-state index contributed by atoms with van der Waals surface area (Å²) in [5.41, 5.74) is 3.29. The summed E-state index contributed by atoms with van der Waals surface area (Å²) in [4.78, 5) is 21.2. The van der Waals surface area contributed by atoms with E-state index in [1.54, 1.807) is 19.0 Å². The lowest BCUT2D eigenvalue weighted by molar-refractivity contribution is 0.0827. The minimum atomic E-state index is 0. The predicted molar refractivity (Wildman–Crippen MR) is 152 cm³/mol. The third-order valence-electron chi connectivity index (χ3n) is 6.07. The molecule has 1 saturated heterocycles. The number of nitrogens with zero attached hydrogens (tertiary/aromatic N) is 3. The monoisotopic (exact) mass is 577 g/mol. The molecule has 0 aromatic heterocycles. The molecule has 2 N–H and O–H groups in total. The summed E-state index contributed by atoms with van der Waals surface area (Å²) in [5.74, 6) is 1.53. The molecular formula is C27H40IN5O. The molecular weight excluding hydrogens is 537 g/mol. The first kappa shape index (κ1) is 28.1. The number of carbonyl (C=O) groups excluding carboxylic acids is 1. The quantitative estimate of drug-likeness (QED) is 0.257. The van der Waals surface area contributed by atoms with Gasteiger partial charge in [0.15, 0.2) is 5.96 Å². The van der Waals surface area contributed by atoms with Crippen molar-refractivity contribution in [1.29, 1.82) is 0 Å². The number of nitrogens with one attached hydrogen (secondary N) is 2. The Labute approximate surface area is 222 Å². The van der Waals surface area contributed by atoms with Crippen molar-refractivity contribution in [2.75, 3.05) is 53.4 Å². The molecule has 3 rings (SSSR count). The molecule has 34 heavy (non-hydrogen) atoms. The van der Waals surface area contributed by atoms with Crippen molar-refractivity contribution in [2.24, 2.45) is 10.9 Å². The topological polar surface area (TPSA) is 60.0 Å². The Balaban J connectivity index is 0.00000408. The van der Waals surface area contributed by atoms with Crippen LogP contribution in [0.25, 0.3) is 0 Å². The van der Waals surface area contributed by atoms with Crippen LogP contribution in [0.4, 0.5) is 0 Å². The summed E-state index contributed by atoms with van der Waals surface area (Å²) >= 11 is 0. The molecule has 0 radical (unpaired) electrons. The SMILES string of the molecule is CCNC(=NCC1CCN(CCc2ccccc2)C1)NCCc1cccc(C(=O)N(C)C)c1.I. The second-order valence-corrected chi connectivity index (χ2v) is 8.99. The number of likely N-dealkylation sites (tertiary alicyclic amines) is 1. The Kier molecular flexibility index (Phi) is 12.4. The number of amides is 1. The fraction of sp³-hybridized carbons (Fsp3) is 0.481. The van der Waals surface area contributed by atoms with Gasteiger partial charge in [-0.3, -0.25) is 9.79 Å². The minimum Gasteiger partial charge on any atom is -0.357 e. The van der Waals surface area contributed by atoms with Gasteiger partial charge in [-0.25, -0.2) is 0 Å². The zero-order valence-corrected chi connectivity index (χ0v) is 23.1. The van der Waals surface area contributed by atoms with E-state index in [0.29, 0.717) is 5.92 Å². The molecule has 1 aliphatic rings. The van der Waals surface area contributed by atoms with Gasteiger partial charge in [0.25, 0.3) is 5.91 Å². The second-order valence-electron chi connectivity index (χ2n) is 8.99. The summed E-state index contributed by atoms with van der Waals surface area (Å²) in [5, 5.41) is 6.81. The van der Waals surface area contributed by atoms with E-state index in [-0.39, 0.29) is 29.9 Å². The predicted octanol–water partition coefficient (Wildman–Crippen LogP) is 3.67. The van der Waals surface area contributed by atoms with Gasteiger partial charge in [0.1, 0.15) is 0 Å². The first-order valence-electron chi connectivity index (χ1n) is 12.1. The maximum absolute atomic E-state index is 12.2. The lowest BCUT2D eigenvalue weighted by Gasteiger charge is -2.16. The zero-order chi connectivity index (χ0) is 23.5. The van der Waals surface area contributed by atoms with Gasteiger partial charge in [0, 0.05) is 52.4 Å². The maximum Gasteiger partial charge on any atom is 0.253 e. The Hall–Kier alpha value is -2.13. The lowest BCUT2D eigenvalue weighted by atomic mass is 10.1. The van der Waals surface area contributed by atoms with Crippen molar-refractivity contribution >= 4 is 35.8 Å². The second kappa shape index (κ2) is 15.0. The third-order valence-corrected chi connectivity index (χ3v) is 6.07. The molecule has 1 atom stereocenters. The average molecular weight is 578 g/mol. The van der Waals surface area contributed by atoms with Crippen molar-refractivity contribution < 1.29 is 4.79 Å². The molecule has 1 aliphatic heterocycles. The lowest BCUT2D eigenvalue weighted by Crippen LogP contribution is -2.38. The van der Waals surface area contributed by atoms with E-state index in [4.69, 9.17) is 4.99 Å². The summed E-state index contributed by atoms with van der Waals surface area (Å²) in [6, 6.07) is 18.6. The summed E-state index contributed by atoms with van der Waals surface area (Å²) in [6.07, 6.45) is 3.17. The van der Waals surface area contributed by atoms with Crippen LogP contribution < -0.4 is 10.6 Å². The third kappa shape index (κ3) is 9.25. The minimum absolute atomic E-state index is 0. The summed E-state index contributed by atoms with van der Waals surface area (Å²) in [6.45, 7) is 7.98. The van der Waals surface area contributed by atoms with E-state index >= 15 is 0 Å². The average Bonchev–Trinajstić information content (AvgIpc) is 3.29. The van der Waals surface area contributed by atoms with E-state index in [1.165, 1.54) is 18.5 Å². The van der Waals surface area contributed by atoms with Gasteiger partial charge in [-0.15, -0.1) is 24.0 Å². The van der Waals surface area contributed by atoms with E-state index in [0.717, 1.165) is 62.7 Å². The van der Waals surface area contributed by atoms with Crippen LogP contribution >= 0.6 is 24.0 Å². The molecule has 0 spiro atoms.